The summed E-state index contributed by atoms with van der Waals surface area (Å²) in [7, 11) is 1.80. The number of amides is 1. The Balaban J connectivity index is 2.29. The molecule has 0 bridgehead atoms. The minimum Gasteiger partial charge on any atom is -0.381 e. The second kappa shape index (κ2) is 5.02. The minimum absolute atomic E-state index is 0.00873. The van der Waals surface area contributed by atoms with E-state index in [-0.39, 0.29) is 5.91 Å². The van der Waals surface area contributed by atoms with Crippen LogP contribution in [0.25, 0.3) is 0 Å². The fraction of sp³-hybridized carbons (Fsp3) is 0.700. The lowest BCUT2D eigenvalue weighted by Gasteiger charge is -2.26. The third-order valence-corrected chi connectivity index (χ3v) is 2.34. The second-order valence-electron chi connectivity index (χ2n) is 3.51. The molecule has 1 amide bonds. The zero-order chi connectivity index (χ0) is 9.68. The van der Waals surface area contributed by atoms with E-state index in [1.165, 1.54) is 6.08 Å². The van der Waals surface area contributed by atoms with Crippen LogP contribution in [-0.2, 0) is 9.53 Å². The zero-order valence-corrected chi connectivity index (χ0v) is 8.16. The lowest BCUT2D eigenvalue weighted by molar-refractivity contribution is -0.125. The van der Waals surface area contributed by atoms with Crippen molar-refractivity contribution >= 4 is 5.91 Å². The largest absolute Gasteiger partial charge is 0.381 e. The minimum atomic E-state index is -0.00873. The molecule has 13 heavy (non-hydrogen) atoms. The molecule has 0 saturated carbocycles. The van der Waals surface area contributed by atoms with Gasteiger partial charge < -0.3 is 9.64 Å². The third kappa shape index (κ3) is 3.19. The van der Waals surface area contributed by atoms with Gasteiger partial charge in [-0.1, -0.05) is 6.58 Å². The monoisotopic (exact) mass is 183 g/mol. The van der Waals surface area contributed by atoms with Gasteiger partial charge in [-0.3, -0.25) is 4.79 Å². The van der Waals surface area contributed by atoms with Crippen molar-refractivity contribution < 1.29 is 9.53 Å². The van der Waals surface area contributed by atoms with Gasteiger partial charge >= 0.3 is 0 Å². The fourth-order valence-corrected chi connectivity index (χ4v) is 1.58. The molecule has 0 aromatic heterocycles. The van der Waals surface area contributed by atoms with E-state index >= 15 is 0 Å². The molecule has 1 fully saturated rings. The first-order chi connectivity index (χ1) is 6.24. The molecule has 1 saturated heterocycles. The van der Waals surface area contributed by atoms with Crippen LogP contribution in [0.3, 0.4) is 0 Å². The third-order valence-electron chi connectivity index (χ3n) is 2.34. The Labute approximate surface area is 79.4 Å². The number of likely N-dealkylation sites (N-methyl/N-ethyl adjacent to an activating group) is 1. The zero-order valence-electron chi connectivity index (χ0n) is 8.16. The van der Waals surface area contributed by atoms with Crippen molar-refractivity contribution in [2.75, 3.05) is 26.8 Å². The summed E-state index contributed by atoms with van der Waals surface area (Å²) < 4.78 is 5.33. The number of ether oxygens (including phenoxy) is 1. The summed E-state index contributed by atoms with van der Waals surface area (Å²) in [5, 5.41) is 0. The standard InChI is InChI=1S/C10H17NO2/c1-3-10(12)11(2)7-9-5-4-6-13-8-9/h3,9H,1,4-8H2,2H3. The van der Waals surface area contributed by atoms with Crippen LogP contribution in [0.1, 0.15) is 12.8 Å². The van der Waals surface area contributed by atoms with Crippen LogP contribution in [0.5, 0.6) is 0 Å². The number of hydrogen-bond donors (Lipinski definition) is 0. The smallest absolute Gasteiger partial charge is 0.245 e. The van der Waals surface area contributed by atoms with Crippen LogP contribution in [-0.4, -0.2) is 37.6 Å². The Morgan fingerprint density at radius 1 is 1.77 bits per heavy atom. The molecular weight excluding hydrogens is 166 g/mol. The van der Waals surface area contributed by atoms with Crippen molar-refractivity contribution in [3.8, 4) is 0 Å². The van der Waals surface area contributed by atoms with Crippen molar-refractivity contribution in [2.45, 2.75) is 12.8 Å². The van der Waals surface area contributed by atoms with Gasteiger partial charge in [-0.15, -0.1) is 0 Å². The molecule has 1 atom stereocenters. The van der Waals surface area contributed by atoms with Crippen LogP contribution in [0, 0.1) is 5.92 Å². The molecule has 1 heterocycles. The van der Waals surface area contributed by atoms with Gasteiger partial charge in [-0.25, -0.2) is 0 Å². The highest BCUT2D eigenvalue weighted by Gasteiger charge is 2.17. The molecule has 0 aromatic rings. The number of hydrogen-bond acceptors (Lipinski definition) is 2. The predicted molar refractivity (Wildman–Crippen MR) is 51.4 cm³/mol. The van der Waals surface area contributed by atoms with Crippen molar-refractivity contribution in [1.29, 1.82) is 0 Å². The lowest BCUT2D eigenvalue weighted by Crippen LogP contribution is -2.34. The normalized spacial score (nSPS) is 22.4. The molecule has 0 N–H and O–H groups in total. The molecule has 0 aliphatic carbocycles. The van der Waals surface area contributed by atoms with E-state index < -0.39 is 0 Å². The van der Waals surface area contributed by atoms with Gasteiger partial charge in [0.1, 0.15) is 0 Å². The number of rotatable bonds is 3. The Hall–Kier alpha value is -0.830. The van der Waals surface area contributed by atoms with E-state index in [1.807, 2.05) is 0 Å². The summed E-state index contributed by atoms with van der Waals surface area (Å²) in [5.41, 5.74) is 0. The van der Waals surface area contributed by atoms with E-state index in [2.05, 4.69) is 6.58 Å². The van der Waals surface area contributed by atoms with Crippen molar-refractivity contribution in [2.24, 2.45) is 5.92 Å². The van der Waals surface area contributed by atoms with E-state index in [4.69, 9.17) is 4.74 Å². The van der Waals surface area contributed by atoms with Gasteiger partial charge in [-0.05, 0) is 24.8 Å². The molecule has 1 rings (SSSR count). The van der Waals surface area contributed by atoms with E-state index in [1.54, 1.807) is 11.9 Å². The highest BCUT2D eigenvalue weighted by Crippen LogP contribution is 2.14. The van der Waals surface area contributed by atoms with Gasteiger partial charge in [0.05, 0.1) is 6.61 Å². The topological polar surface area (TPSA) is 29.5 Å². The van der Waals surface area contributed by atoms with Crippen LogP contribution in [0.2, 0.25) is 0 Å². The molecule has 0 aromatic carbocycles. The van der Waals surface area contributed by atoms with Gasteiger partial charge in [0.15, 0.2) is 0 Å². The highest BCUT2D eigenvalue weighted by atomic mass is 16.5. The molecule has 1 aliphatic heterocycles. The van der Waals surface area contributed by atoms with E-state index in [0.29, 0.717) is 5.92 Å². The highest BCUT2D eigenvalue weighted by molar-refractivity contribution is 5.86. The van der Waals surface area contributed by atoms with Crippen LogP contribution in [0.4, 0.5) is 0 Å². The summed E-state index contributed by atoms with van der Waals surface area (Å²) in [6, 6.07) is 0. The molecule has 3 nitrogen and oxygen atoms in total. The lowest BCUT2D eigenvalue weighted by atomic mass is 10.0. The molecule has 0 spiro atoms. The van der Waals surface area contributed by atoms with Gasteiger partial charge in [-0.2, -0.15) is 0 Å². The molecule has 1 unspecified atom stereocenters. The van der Waals surface area contributed by atoms with Gasteiger partial charge in [0.25, 0.3) is 0 Å². The molecule has 0 radical (unpaired) electrons. The fourth-order valence-electron chi connectivity index (χ4n) is 1.58. The molecule has 1 aliphatic rings. The number of carbonyl (C=O) groups is 1. The van der Waals surface area contributed by atoms with E-state index in [9.17, 15) is 4.79 Å². The maximum atomic E-state index is 11.2. The summed E-state index contributed by atoms with van der Waals surface area (Å²) in [4.78, 5) is 12.9. The average Bonchev–Trinajstić information content (AvgIpc) is 2.18. The summed E-state index contributed by atoms with van der Waals surface area (Å²) in [6.45, 7) is 5.89. The summed E-state index contributed by atoms with van der Waals surface area (Å²) >= 11 is 0. The number of carbonyl (C=O) groups excluding carboxylic acids is 1. The summed E-state index contributed by atoms with van der Waals surface area (Å²) in [5.74, 6) is 0.494. The van der Waals surface area contributed by atoms with Gasteiger partial charge in [0.2, 0.25) is 5.91 Å². The van der Waals surface area contributed by atoms with Crippen LogP contribution in [0.15, 0.2) is 12.7 Å². The SMILES string of the molecule is C=CC(=O)N(C)CC1CCCOC1. The van der Waals surface area contributed by atoms with E-state index in [0.717, 1.165) is 32.6 Å². The molecule has 74 valence electrons. The number of nitrogens with zero attached hydrogens (tertiary/aromatic N) is 1. The van der Waals surface area contributed by atoms with Crippen molar-refractivity contribution in [3.05, 3.63) is 12.7 Å². The Morgan fingerprint density at radius 3 is 3.08 bits per heavy atom. The first kappa shape index (κ1) is 10.3. The first-order valence-corrected chi connectivity index (χ1v) is 4.69. The second-order valence-corrected chi connectivity index (χ2v) is 3.51. The Kier molecular flexibility index (Phi) is 3.96. The maximum absolute atomic E-state index is 11.2. The maximum Gasteiger partial charge on any atom is 0.245 e. The average molecular weight is 183 g/mol. The quantitative estimate of drug-likeness (QED) is 0.612. The Morgan fingerprint density at radius 2 is 2.54 bits per heavy atom. The van der Waals surface area contributed by atoms with Crippen molar-refractivity contribution in [3.63, 3.8) is 0 Å². The first-order valence-electron chi connectivity index (χ1n) is 4.69. The van der Waals surface area contributed by atoms with Crippen LogP contribution >= 0.6 is 0 Å². The van der Waals surface area contributed by atoms with Crippen LogP contribution < -0.4 is 0 Å². The predicted octanol–water partition coefficient (Wildman–Crippen LogP) is 1.06. The van der Waals surface area contributed by atoms with Crippen molar-refractivity contribution in [1.82, 2.24) is 4.90 Å². The Bertz CT molecular complexity index is 185. The molecular formula is C10H17NO2. The summed E-state index contributed by atoms with van der Waals surface area (Å²) in [6.07, 6.45) is 3.62. The molecule has 3 heteroatoms. The van der Waals surface area contributed by atoms with Gasteiger partial charge in [0, 0.05) is 20.2 Å².